The maximum Gasteiger partial charge on any atom is 0.264 e. The number of hydrogen-bond donors (Lipinski definition) is 1. The number of aryl methyl sites for hydroxylation is 3. The van der Waals surface area contributed by atoms with Crippen molar-refractivity contribution in [2.24, 2.45) is 11.3 Å². The molecule has 0 spiro atoms. The van der Waals surface area contributed by atoms with Gasteiger partial charge in [-0.3, -0.25) is 9.78 Å². The Morgan fingerprint density at radius 2 is 1.75 bits per heavy atom. The Kier molecular flexibility index (Phi) is 10.1. The first kappa shape index (κ1) is 36.2. The molecule has 6 rings (SSSR count). The molecular weight excluding hydrogens is 663 g/mol. The Labute approximate surface area is 303 Å². The monoisotopic (exact) mass is 713 g/mol. The van der Waals surface area contributed by atoms with Crippen LogP contribution in [0.3, 0.4) is 0 Å². The lowest BCUT2D eigenvalue weighted by atomic mass is 9.87. The molecule has 1 N–H and O–H groups in total. The number of nitrogens with one attached hydrogen (secondary N) is 1. The van der Waals surface area contributed by atoms with Gasteiger partial charge in [-0.25, -0.2) is 23.1 Å². The number of sulfonamides is 1. The van der Waals surface area contributed by atoms with Crippen molar-refractivity contribution < 1.29 is 19.4 Å². The van der Waals surface area contributed by atoms with Crippen molar-refractivity contribution in [3.05, 3.63) is 82.8 Å². The molecule has 11 nitrogen and oxygen atoms in total. The zero-order chi connectivity index (χ0) is 36.7. The van der Waals surface area contributed by atoms with Crippen molar-refractivity contribution in [2.45, 2.75) is 98.2 Å². The normalized spacial score (nSPS) is 19.2. The summed E-state index contributed by atoms with van der Waals surface area (Å²) in [5.74, 6) is 1.02. The molecular formula is C39H51N7O4S. The Bertz CT molecular complexity index is 2030. The highest BCUT2D eigenvalue weighted by atomic mass is 32.2. The van der Waals surface area contributed by atoms with E-state index in [1.165, 1.54) is 12.1 Å². The van der Waals surface area contributed by atoms with Crippen LogP contribution in [0.1, 0.15) is 88.2 Å². The van der Waals surface area contributed by atoms with Gasteiger partial charge in [-0.2, -0.15) is 4.98 Å². The number of fused-ring (bicyclic) bond motifs is 4. The van der Waals surface area contributed by atoms with Crippen molar-refractivity contribution in [2.75, 3.05) is 22.8 Å². The highest BCUT2D eigenvalue weighted by Crippen LogP contribution is 2.33. The van der Waals surface area contributed by atoms with E-state index < -0.39 is 16.1 Å². The molecule has 0 aliphatic carbocycles. The Morgan fingerprint density at radius 3 is 2.45 bits per heavy atom. The maximum absolute atomic E-state index is 14.7. The fourth-order valence-electron chi connectivity index (χ4n) is 7.24. The first-order valence-corrected chi connectivity index (χ1v) is 19.2. The summed E-state index contributed by atoms with van der Waals surface area (Å²) in [7, 11) is -4.18. The van der Waals surface area contributed by atoms with Gasteiger partial charge in [0.1, 0.15) is 12.4 Å². The lowest BCUT2D eigenvalue weighted by molar-refractivity contribution is 0.0508. The van der Waals surface area contributed by atoms with Crippen molar-refractivity contribution in [3.8, 4) is 17.1 Å². The Hall–Kier alpha value is -4.58. The van der Waals surface area contributed by atoms with Crippen LogP contribution in [0.15, 0.2) is 59.6 Å². The smallest absolute Gasteiger partial charge is 0.264 e. The standard InChI is InChI=1S/C39H49N7O4S.H2/c1-24(2)33-16-11-17-45(33)34-21-40-27(5)32(41-34)22-46-29(20-39(6,7)8)23-50-35-19-31(36-25(3)12-9-13-26(36)4)42-38(43-35)44-51(48,49)30-15-10-14-28(18-30)37(46)47;/h9-10,12-15,18-19,21,24,29,33H,11,16-17,20,22-23H2,1-8H3,(H,42,43,44);1H/t29-,33?;/m1./s1. The molecule has 1 saturated heterocycles. The largest absolute Gasteiger partial charge is 0.475 e. The summed E-state index contributed by atoms with van der Waals surface area (Å²) in [6, 6.07) is 13.7. The second kappa shape index (κ2) is 14.2. The summed E-state index contributed by atoms with van der Waals surface area (Å²) in [5.41, 5.74) is 4.81. The van der Waals surface area contributed by atoms with Crippen LogP contribution < -0.4 is 14.4 Å². The second-order valence-corrected chi connectivity index (χ2v) is 17.1. The number of anilines is 2. The second-order valence-electron chi connectivity index (χ2n) is 15.4. The molecule has 4 aromatic rings. The van der Waals surface area contributed by atoms with Crippen LogP contribution >= 0.6 is 0 Å². The molecule has 272 valence electrons. The van der Waals surface area contributed by atoms with E-state index >= 15 is 0 Å². The first-order valence-electron chi connectivity index (χ1n) is 17.7. The van der Waals surface area contributed by atoms with Gasteiger partial charge >= 0.3 is 0 Å². The number of rotatable bonds is 6. The molecule has 4 heterocycles. The van der Waals surface area contributed by atoms with Crippen LogP contribution in [-0.4, -0.2) is 64.4 Å². The minimum atomic E-state index is -4.18. The molecule has 2 aliphatic heterocycles. The van der Waals surface area contributed by atoms with Crippen molar-refractivity contribution >= 4 is 27.7 Å². The number of carbonyl (C=O) groups excluding carboxylic acids is 1. The number of nitrogens with zero attached hydrogens (tertiary/aromatic N) is 6. The molecule has 2 aliphatic rings. The van der Waals surface area contributed by atoms with E-state index in [4.69, 9.17) is 14.7 Å². The van der Waals surface area contributed by atoms with Crippen molar-refractivity contribution in [3.63, 3.8) is 0 Å². The van der Waals surface area contributed by atoms with Crippen LogP contribution in [0, 0.1) is 32.1 Å². The summed E-state index contributed by atoms with van der Waals surface area (Å²) >= 11 is 0. The number of benzene rings is 2. The molecule has 1 amide bonds. The van der Waals surface area contributed by atoms with Gasteiger partial charge in [-0.05, 0) is 80.7 Å². The number of carbonyl (C=O) groups is 1. The summed E-state index contributed by atoms with van der Waals surface area (Å²) in [6.45, 7) is 17.9. The average molecular weight is 714 g/mol. The van der Waals surface area contributed by atoms with Crippen LogP contribution in [0.4, 0.5) is 11.8 Å². The molecule has 0 radical (unpaired) electrons. The van der Waals surface area contributed by atoms with Crippen LogP contribution in [0.2, 0.25) is 0 Å². The van der Waals surface area contributed by atoms with Gasteiger partial charge in [0, 0.05) is 31.2 Å². The summed E-state index contributed by atoms with van der Waals surface area (Å²) in [4.78, 5) is 37.7. The molecule has 12 heteroatoms. The van der Waals surface area contributed by atoms with Gasteiger partial charge in [0.05, 0.1) is 40.8 Å². The summed E-state index contributed by atoms with van der Waals surface area (Å²) in [6.07, 6.45) is 4.61. The topological polar surface area (TPSA) is 131 Å². The Balaban J connectivity index is 0.00000523. The maximum atomic E-state index is 14.7. The highest BCUT2D eigenvalue weighted by molar-refractivity contribution is 7.92. The molecule has 51 heavy (non-hydrogen) atoms. The van der Waals surface area contributed by atoms with Crippen molar-refractivity contribution in [1.82, 2.24) is 24.8 Å². The van der Waals surface area contributed by atoms with Gasteiger partial charge in [-0.1, -0.05) is 58.9 Å². The predicted molar refractivity (Wildman–Crippen MR) is 202 cm³/mol. The summed E-state index contributed by atoms with van der Waals surface area (Å²) < 4.78 is 36.6. The van der Waals surface area contributed by atoms with Crippen LogP contribution in [-0.2, 0) is 16.6 Å². The first-order chi connectivity index (χ1) is 24.1. The molecule has 2 atom stereocenters. The SMILES string of the molecule is Cc1cccc(C)c1-c1cc2nc(n1)NS(=O)(=O)c1cccc(c1)C(=O)N(Cc1nc(N3CCCC3C(C)C)cnc1C)[C@H](CC(C)(C)C)CO2.[HH]. The molecule has 1 unspecified atom stereocenters. The van der Waals surface area contributed by atoms with Gasteiger partial charge in [-0.15, -0.1) is 0 Å². The van der Waals surface area contributed by atoms with Crippen LogP contribution in [0.25, 0.3) is 11.3 Å². The number of ether oxygens (including phenoxy) is 1. The van der Waals surface area contributed by atoms with E-state index in [9.17, 15) is 13.2 Å². The lowest BCUT2D eigenvalue weighted by Gasteiger charge is -2.36. The van der Waals surface area contributed by atoms with Gasteiger partial charge < -0.3 is 14.5 Å². The third-order valence-electron chi connectivity index (χ3n) is 9.75. The molecule has 1 fully saturated rings. The fourth-order valence-corrected chi connectivity index (χ4v) is 8.23. The third-order valence-corrected chi connectivity index (χ3v) is 11.1. The number of amides is 1. The van der Waals surface area contributed by atoms with E-state index in [-0.39, 0.29) is 48.2 Å². The van der Waals surface area contributed by atoms with E-state index in [0.29, 0.717) is 29.8 Å². The number of aromatic nitrogens is 4. The molecule has 2 aromatic heterocycles. The summed E-state index contributed by atoms with van der Waals surface area (Å²) in [5, 5.41) is 0. The fraction of sp³-hybridized carbons (Fsp3) is 0.462. The minimum Gasteiger partial charge on any atom is -0.475 e. The average Bonchev–Trinajstić information content (AvgIpc) is 3.56. The van der Waals surface area contributed by atoms with Crippen molar-refractivity contribution in [1.29, 1.82) is 0 Å². The Morgan fingerprint density at radius 1 is 1.02 bits per heavy atom. The third kappa shape index (κ3) is 8.01. The molecule has 4 bridgehead atoms. The van der Waals surface area contributed by atoms with E-state index in [2.05, 4.69) is 54.2 Å². The quantitative estimate of drug-likeness (QED) is 0.218. The van der Waals surface area contributed by atoms with Gasteiger partial charge in [0.25, 0.3) is 15.9 Å². The van der Waals surface area contributed by atoms with E-state index in [0.717, 1.165) is 47.6 Å². The highest BCUT2D eigenvalue weighted by Gasteiger charge is 2.33. The zero-order valence-electron chi connectivity index (χ0n) is 30.9. The number of hydrogen-bond acceptors (Lipinski definition) is 9. The predicted octanol–water partition coefficient (Wildman–Crippen LogP) is 7.37. The van der Waals surface area contributed by atoms with E-state index in [1.54, 1.807) is 23.1 Å². The van der Waals surface area contributed by atoms with E-state index in [1.807, 2.05) is 45.2 Å². The molecule has 0 saturated carbocycles. The van der Waals surface area contributed by atoms with Gasteiger partial charge in [0.15, 0.2) is 0 Å². The van der Waals surface area contributed by atoms with Gasteiger partial charge in [0.2, 0.25) is 11.8 Å². The molecule has 2 aromatic carbocycles. The van der Waals surface area contributed by atoms with Crippen LogP contribution in [0.5, 0.6) is 5.88 Å². The zero-order valence-corrected chi connectivity index (χ0v) is 31.7. The minimum absolute atomic E-state index is 0. The lowest BCUT2D eigenvalue weighted by Crippen LogP contribution is -2.45.